The number of nitrogens with two attached hydrogens (primary N) is 1. The lowest BCUT2D eigenvalue weighted by atomic mass is 10.0. The molecule has 1 heterocycles. The van der Waals surface area contributed by atoms with Crippen molar-refractivity contribution >= 4 is 17.4 Å². The van der Waals surface area contributed by atoms with Gasteiger partial charge in [0, 0.05) is 24.2 Å². The lowest BCUT2D eigenvalue weighted by molar-refractivity contribution is 0.0806. The molecule has 0 aliphatic rings. The van der Waals surface area contributed by atoms with Gasteiger partial charge in [0.25, 0.3) is 0 Å². The highest BCUT2D eigenvalue weighted by molar-refractivity contribution is 5.86. The van der Waals surface area contributed by atoms with Crippen molar-refractivity contribution in [1.29, 1.82) is 0 Å². The fraction of sp³-hybridized carbons (Fsp3) is 0.273. The Morgan fingerprint density at radius 1 is 1.35 bits per heavy atom. The smallest absolute Gasteiger partial charge is 0.249 e. The van der Waals surface area contributed by atoms with Crippen LogP contribution in [0.25, 0.3) is 11.1 Å². The predicted molar refractivity (Wildman–Crippen MR) is 122 cm³/mol. The SMILES string of the molecule is C=C/C(=N\OC)OCC(O)CN(O)c1ccc(-c2ccc(N/C=C\N)nc2)cc1CC. The lowest BCUT2D eigenvalue weighted by Gasteiger charge is -2.23. The number of pyridine rings is 1. The first-order valence-corrected chi connectivity index (χ1v) is 9.75. The van der Waals surface area contributed by atoms with Gasteiger partial charge >= 0.3 is 0 Å². The molecule has 9 nitrogen and oxygen atoms in total. The summed E-state index contributed by atoms with van der Waals surface area (Å²) in [6.07, 6.45) is 5.87. The Morgan fingerprint density at radius 3 is 2.74 bits per heavy atom. The van der Waals surface area contributed by atoms with Gasteiger partial charge < -0.3 is 25.7 Å². The number of rotatable bonds is 11. The molecule has 2 rings (SSSR count). The fourth-order valence-electron chi connectivity index (χ4n) is 2.83. The van der Waals surface area contributed by atoms with Crippen molar-refractivity contribution < 1.29 is 19.9 Å². The van der Waals surface area contributed by atoms with E-state index >= 15 is 0 Å². The van der Waals surface area contributed by atoms with Crippen molar-refractivity contribution in [1.82, 2.24) is 4.98 Å². The number of anilines is 2. The van der Waals surface area contributed by atoms with Gasteiger partial charge in [-0.2, -0.15) is 0 Å². The molecule has 0 aliphatic carbocycles. The highest BCUT2D eigenvalue weighted by Gasteiger charge is 2.15. The van der Waals surface area contributed by atoms with E-state index < -0.39 is 6.10 Å². The van der Waals surface area contributed by atoms with E-state index in [1.807, 2.05) is 37.3 Å². The number of nitrogens with one attached hydrogen (secondary N) is 1. The molecule has 9 heteroatoms. The molecule has 0 saturated heterocycles. The van der Waals surface area contributed by atoms with Gasteiger partial charge in [-0.3, -0.25) is 10.3 Å². The quantitative estimate of drug-likeness (QED) is 0.245. The number of ether oxygens (including phenoxy) is 1. The number of hydroxylamine groups is 1. The molecular formula is C22H29N5O4. The summed E-state index contributed by atoms with van der Waals surface area (Å²) in [5, 5.41) is 28.3. The van der Waals surface area contributed by atoms with Crippen molar-refractivity contribution in [2.24, 2.45) is 10.9 Å². The summed E-state index contributed by atoms with van der Waals surface area (Å²) in [4.78, 5) is 8.96. The number of aliphatic hydroxyl groups excluding tert-OH is 1. The van der Waals surface area contributed by atoms with Gasteiger partial charge in [0.15, 0.2) is 0 Å². The first-order chi connectivity index (χ1) is 15.0. The van der Waals surface area contributed by atoms with Crippen LogP contribution >= 0.6 is 0 Å². The molecular weight excluding hydrogens is 398 g/mol. The average Bonchev–Trinajstić information content (AvgIpc) is 2.80. The van der Waals surface area contributed by atoms with Crippen LogP contribution < -0.4 is 16.1 Å². The van der Waals surface area contributed by atoms with Gasteiger partial charge in [0.05, 0.1) is 12.2 Å². The zero-order valence-electron chi connectivity index (χ0n) is 17.7. The molecule has 0 spiro atoms. The van der Waals surface area contributed by atoms with Gasteiger partial charge in [-0.1, -0.05) is 19.6 Å². The van der Waals surface area contributed by atoms with Crippen LogP contribution in [0.4, 0.5) is 11.5 Å². The topological polar surface area (TPSA) is 125 Å². The predicted octanol–water partition coefficient (Wildman–Crippen LogP) is 2.87. The molecule has 5 N–H and O–H groups in total. The summed E-state index contributed by atoms with van der Waals surface area (Å²) in [7, 11) is 1.38. The van der Waals surface area contributed by atoms with Gasteiger partial charge in [-0.25, -0.2) is 4.98 Å². The van der Waals surface area contributed by atoms with Crippen LogP contribution in [0.1, 0.15) is 12.5 Å². The largest absolute Gasteiger partial charge is 0.473 e. The standard InChI is InChI=1S/C22H29N5O4/c1-4-16-12-17(18-7-9-21(25-13-18)24-11-10-23)6-8-20(16)27(29)14-19(28)15-31-22(5-2)26-30-3/h5-13,19,28-29H,2,4,14-15,23H2,1,3H3,(H,24,25)/b11-10-,26-22+. The van der Waals surface area contributed by atoms with Crippen LogP contribution in [0, 0.1) is 0 Å². The molecule has 31 heavy (non-hydrogen) atoms. The second kappa shape index (κ2) is 12.2. The number of oxime groups is 1. The van der Waals surface area contributed by atoms with E-state index in [0.29, 0.717) is 17.9 Å². The molecule has 1 aromatic carbocycles. The number of benzene rings is 1. The number of aliphatic hydroxyl groups is 1. The molecule has 1 atom stereocenters. The third kappa shape index (κ3) is 7.02. The van der Waals surface area contributed by atoms with Crippen LogP contribution in [0.15, 0.2) is 66.7 Å². The second-order valence-corrected chi connectivity index (χ2v) is 6.50. The van der Waals surface area contributed by atoms with Crippen LogP contribution in [0.3, 0.4) is 0 Å². The van der Waals surface area contributed by atoms with Gasteiger partial charge in [0.2, 0.25) is 5.90 Å². The maximum Gasteiger partial charge on any atom is 0.249 e. The maximum absolute atomic E-state index is 10.5. The van der Waals surface area contributed by atoms with E-state index in [4.69, 9.17) is 10.5 Å². The molecule has 0 amide bonds. The second-order valence-electron chi connectivity index (χ2n) is 6.50. The zero-order chi connectivity index (χ0) is 22.6. The highest BCUT2D eigenvalue weighted by atomic mass is 16.6. The van der Waals surface area contributed by atoms with Crippen molar-refractivity contribution in [3.63, 3.8) is 0 Å². The summed E-state index contributed by atoms with van der Waals surface area (Å²) >= 11 is 0. The van der Waals surface area contributed by atoms with Crippen LogP contribution in [0.5, 0.6) is 0 Å². The molecule has 2 aromatic rings. The Labute approximate surface area is 182 Å². The monoisotopic (exact) mass is 427 g/mol. The lowest BCUT2D eigenvalue weighted by Crippen LogP contribution is -2.33. The molecule has 0 aliphatic heterocycles. The number of hydrogen-bond acceptors (Lipinski definition) is 9. The molecule has 166 valence electrons. The Balaban J connectivity index is 2.08. The van der Waals surface area contributed by atoms with Crippen molar-refractivity contribution in [3.05, 3.63) is 67.1 Å². The summed E-state index contributed by atoms with van der Waals surface area (Å²) in [5.74, 6) is 0.837. The number of aromatic nitrogens is 1. The number of hydrogen-bond donors (Lipinski definition) is 4. The molecule has 0 radical (unpaired) electrons. The van der Waals surface area contributed by atoms with Crippen molar-refractivity contribution in [3.8, 4) is 11.1 Å². The Hall–Kier alpha value is -3.56. The molecule has 0 saturated carbocycles. The van der Waals surface area contributed by atoms with E-state index in [-0.39, 0.29) is 19.0 Å². The van der Waals surface area contributed by atoms with E-state index in [2.05, 4.69) is 26.9 Å². The zero-order valence-corrected chi connectivity index (χ0v) is 17.7. The number of aryl methyl sites for hydroxylation is 1. The van der Waals surface area contributed by atoms with E-state index in [1.165, 1.54) is 19.4 Å². The van der Waals surface area contributed by atoms with E-state index in [0.717, 1.165) is 21.8 Å². The summed E-state index contributed by atoms with van der Waals surface area (Å²) in [6.45, 7) is 5.43. The Bertz CT molecular complexity index is 899. The Kier molecular flexibility index (Phi) is 9.34. The minimum atomic E-state index is -0.955. The maximum atomic E-state index is 10.5. The van der Waals surface area contributed by atoms with Crippen LogP contribution in [0.2, 0.25) is 0 Å². The first-order valence-electron chi connectivity index (χ1n) is 9.75. The van der Waals surface area contributed by atoms with E-state index in [9.17, 15) is 10.3 Å². The van der Waals surface area contributed by atoms with Crippen molar-refractivity contribution in [2.45, 2.75) is 19.4 Å². The summed E-state index contributed by atoms with van der Waals surface area (Å²) in [5.41, 5.74) is 8.76. The van der Waals surface area contributed by atoms with Crippen LogP contribution in [-0.2, 0) is 16.0 Å². The fourth-order valence-corrected chi connectivity index (χ4v) is 2.83. The molecule has 0 fully saturated rings. The minimum absolute atomic E-state index is 0.0413. The third-order valence-electron chi connectivity index (χ3n) is 4.33. The van der Waals surface area contributed by atoms with Gasteiger partial charge in [-0.15, -0.1) is 0 Å². The molecule has 1 unspecified atom stereocenters. The third-order valence-corrected chi connectivity index (χ3v) is 4.33. The Morgan fingerprint density at radius 2 is 2.13 bits per heavy atom. The highest BCUT2D eigenvalue weighted by Crippen LogP contribution is 2.28. The average molecular weight is 428 g/mol. The van der Waals surface area contributed by atoms with Crippen molar-refractivity contribution in [2.75, 3.05) is 30.6 Å². The summed E-state index contributed by atoms with van der Waals surface area (Å²) < 4.78 is 5.29. The first kappa shape index (κ1) is 23.7. The molecule has 0 bridgehead atoms. The van der Waals surface area contributed by atoms with Crippen LogP contribution in [-0.4, -0.2) is 47.6 Å². The minimum Gasteiger partial charge on any atom is -0.473 e. The van der Waals surface area contributed by atoms with E-state index in [1.54, 1.807) is 12.4 Å². The molecule has 1 aromatic heterocycles. The normalized spacial score (nSPS) is 12.5. The van der Waals surface area contributed by atoms with Gasteiger partial charge in [-0.05, 0) is 53.0 Å². The van der Waals surface area contributed by atoms with Gasteiger partial charge in [0.1, 0.15) is 25.6 Å². The number of nitrogens with zero attached hydrogens (tertiary/aromatic N) is 3. The summed E-state index contributed by atoms with van der Waals surface area (Å²) in [6, 6.07) is 9.50.